The van der Waals surface area contributed by atoms with Crippen LogP contribution in [-0.4, -0.2) is 52.3 Å². The molecule has 26 heavy (non-hydrogen) atoms. The number of likely N-dealkylation sites (tertiary alicyclic amines) is 1. The number of rotatable bonds is 3. The maximum Gasteiger partial charge on any atom is 0.240 e. The lowest BCUT2D eigenvalue weighted by Crippen LogP contribution is -2.60. The van der Waals surface area contributed by atoms with Gasteiger partial charge in [0.2, 0.25) is 5.91 Å². The molecule has 146 valence electrons. The van der Waals surface area contributed by atoms with Crippen molar-refractivity contribution < 1.29 is 4.79 Å². The Kier molecular flexibility index (Phi) is 5.19. The number of hydrogen-bond donors (Lipinski definition) is 2. The second-order valence-corrected chi connectivity index (χ2v) is 9.25. The summed E-state index contributed by atoms with van der Waals surface area (Å²) in [7, 11) is 0. The van der Waals surface area contributed by atoms with Crippen LogP contribution in [0.15, 0.2) is 0 Å². The molecule has 1 aromatic heterocycles. The summed E-state index contributed by atoms with van der Waals surface area (Å²) in [5.74, 6) is 0.183. The van der Waals surface area contributed by atoms with Crippen molar-refractivity contribution in [2.45, 2.75) is 72.5 Å². The first-order chi connectivity index (χ1) is 12.1. The van der Waals surface area contributed by atoms with Gasteiger partial charge < -0.3 is 10.6 Å². The number of hydrogen-bond acceptors (Lipinski definition) is 4. The van der Waals surface area contributed by atoms with Gasteiger partial charge in [0.15, 0.2) is 0 Å². The smallest absolute Gasteiger partial charge is 0.240 e. The molecule has 0 saturated carbocycles. The van der Waals surface area contributed by atoms with Gasteiger partial charge in [0.25, 0.3) is 0 Å². The molecule has 0 unspecified atom stereocenters. The molecule has 6 heteroatoms. The Morgan fingerprint density at radius 2 is 1.81 bits per heavy atom. The zero-order valence-corrected chi connectivity index (χ0v) is 17.3. The van der Waals surface area contributed by atoms with Gasteiger partial charge >= 0.3 is 0 Å². The van der Waals surface area contributed by atoms with Gasteiger partial charge in [-0.05, 0) is 46.0 Å². The summed E-state index contributed by atoms with van der Waals surface area (Å²) in [6, 6.07) is 0.384. The fourth-order valence-electron chi connectivity index (χ4n) is 4.19. The van der Waals surface area contributed by atoms with Crippen molar-refractivity contribution in [1.29, 1.82) is 0 Å². The third-order valence-electron chi connectivity index (χ3n) is 6.12. The van der Waals surface area contributed by atoms with E-state index in [1.165, 1.54) is 11.3 Å². The van der Waals surface area contributed by atoms with Crippen LogP contribution in [0.1, 0.15) is 63.5 Å². The Balaban J connectivity index is 1.67. The molecule has 2 aliphatic heterocycles. The second kappa shape index (κ2) is 6.97. The first-order valence-corrected chi connectivity index (χ1v) is 9.94. The van der Waals surface area contributed by atoms with E-state index >= 15 is 0 Å². The predicted molar refractivity (Wildman–Crippen MR) is 104 cm³/mol. The van der Waals surface area contributed by atoms with Crippen molar-refractivity contribution in [3.05, 3.63) is 17.0 Å². The molecular formula is C20H35N5O. The van der Waals surface area contributed by atoms with Crippen LogP contribution in [0, 0.1) is 19.3 Å². The highest BCUT2D eigenvalue weighted by Gasteiger charge is 2.44. The topological polar surface area (TPSA) is 62.2 Å². The molecule has 0 aliphatic carbocycles. The standard InChI is InChI=1S/C20H35N5O/c1-14(2)25-16(4)17(15(3)23-25)11-24-9-7-20(8-10-24)18(26)21-12-19(5,6)13-22-20/h14,22H,7-13H2,1-6H3,(H,21,26). The molecule has 1 spiro atoms. The lowest BCUT2D eigenvalue weighted by atomic mass is 9.86. The number of aryl methyl sites for hydroxylation is 1. The second-order valence-electron chi connectivity index (χ2n) is 9.25. The van der Waals surface area contributed by atoms with E-state index in [1.54, 1.807) is 0 Å². The van der Waals surface area contributed by atoms with Crippen LogP contribution in [-0.2, 0) is 11.3 Å². The number of aromatic nitrogens is 2. The molecule has 0 radical (unpaired) electrons. The first kappa shape index (κ1) is 19.4. The lowest BCUT2D eigenvalue weighted by Gasteiger charge is -2.40. The summed E-state index contributed by atoms with van der Waals surface area (Å²) in [5, 5.41) is 11.5. The number of nitrogens with zero attached hydrogens (tertiary/aromatic N) is 3. The largest absolute Gasteiger partial charge is 0.354 e. The monoisotopic (exact) mass is 361 g/mol. The minimum atomic E-state index is -0.392. The average molecular weight is 362 g/mol. The molecule has 1 aromatic rings. The van der Waals surface area contributed by atoms with E-state index in [-0.39, 0.29) is 11.3 Å². The maximum absolute atomic E-state index is 12.7. The van der Waals surface area contributed by atoms with E-state index < -0.39 is 5.54 Å². The van der Waals surface area contributed by atoms with Crippen LogP contribution in [0.5, 0.6) is 0 Å². The Morgan fingerprint density at radius 3 is 2.38 bits per heavy atom. The van der Waals surface area contributed by atoms with Gasteiger partial charge in [-0.3, -0.25) is 14.4 Å². The highest BCUT2D eigenvalue weighted by molar-refractivity contribution is 5.86. The van der Waals surface area contributed by atoms with Crippen LogP contribution in [0.2, 0.25) is 0 Å². The highest BCUT2D eigenvalue weighted by Crippen LogP contribution is 2.29. The molecular weight excluding hydrogens is 326 g/mol. The fraction of sp³-hybridized carbons (Fsp3) is 0.800. The van der Waals surface area contributed by atoms with Crippen molar-refractivity contribution in [2.75, 3.05) is 26.2 Å². The Morgan fingerprint density at radius 1 is 1.15 bits per heavy atom. The average Bonchev–Trinajstić information content (AvgIpc) is 2.81. The van der Waals surface area contributed by atoms with Crippen molar-refractivity contribution in [3.8, 4) is 0 Å². The van der Waals surface area contributed by atoms with E-state index in [0.29, 0.717) is 6.04 Å². The SMILES string of the molecule is Cc1nn(C(C)C)c(C)c1CN1CCC2(CC1)NCC(C)(C)CNC2=O. The third-order valence-corrected chi connectivity index (χ3v) is 6.12. The Bertz CT molecular complexity index is 668. The number of carbonyl (C=O) groups excluding carboxylic acids is 1. The van der Waals surface area contributed by atoms with E-state index in [2.05, 4.69) is 61.8 Å². The number of piperidine rings is 1. The van der Waals surface area contributed by atoms with E-state index in [4.69, 9.17) is 5.10 Å². The molecule has 6 nitrogen and oxygen atoms in total. The summed E-state index contributed by atoms with van der Waals surface area (Å²) in [5.41, 5.74) is 3.45. The summed E-state index contributed by atoms with van der Waals surface area (Å²) < 4.78 is 2.12. The van der Waals surface area contributed by atoms with Gasteiger partial charge in [0.05, 0.1) is 5.69 Å². The first-order valence-electron chi connectivity index (χ1n) is 9.94. The molecule has 0 atom stereocenters. The zero-order chi connectivity index (χ0) is 19.1. The summed E-state index contributed by atoms with van der Waals surface area (Å²) in [4.78, 5) is 15.2. The molecule has 0 bridgehead atoms. The van der Waals surface area contributed by atoms with Gasteiger partial charge in [-0.2, -0.15) is 5.10 Å². The van der Waals surface area contributed by atoms with Gasteiger partial charge in [-0.1, -0.05) is 13.8 Å². The minimum Gasteiger partial charge on any atom is -0.354 e. The van der Waals surface area contributed by atoms with Crippen LogP contribution in [0.3, 0.4) is 0 Å². The highest BCUT2D eigenvalue weighted by atomic mass is 16.2. The van der Waals surface area contributed by atoms with Crippen molar-refractivity contribution >= 4 is 5.91 Å². The summed E-state index contributed by atoms with van der Waals surface area (Å²) >= 11 is 0. The molecule has 0 aromatic carbocycles. The number of carbonyl (C=O) groups is 1. The van der Waals surface area contributed by atoms with Crippen molar-refractivity contribution in [2.24, 2.45) is 5.41 Å². The minimum absolute atomic E-state index is 0.107. The van der Waals surface area contributed by atoms with Crippen LogP contribution < -0.4 is 10.6 Å². The lowest BCUT2D eigenvalue weighted by molar-refractivity contribution is -0.129. The number of nitrogens with one attached hydrogen (secondary N) is 2. The maximum atomic E-state index is 12.7. The summed E-state index contributed by atoms with van der Waals surface area (Å²) in [6.45, 7) is 17.4. The molecule has 1 amide bonds. The Hall–Kier alpha value is -1.40. The van der Waals surface area contributed by atoms with Crippen LogP contribution in [0.25, 0.3) is 0 Å². The molecule has 3 heterocycles. The van der Waals surface area contributed by atoms with Gasteiger partial charge in [0, 0.05) is 50.0 Å². The molecule has 2 aliphatic rings. The van der Waals surface area contributed by atoms with Gasteiger partial charge in [-0.25, -0.2) is 0 Å². The van der Waals surface area contributed by atoms with E-state index in [1.807, 2.05) is 0 Å². The molecule has 2 fully saturated rings. The summed E-state index contributed by atoms with van der Waals surface area (Å²) in [6.07, 6.45) is 1.73. The predicted octanol–water partition coefficient (Wildman–Crippen LogP) is 2.16. The van der Waals surface area contributed by atoms with Crippen molar-refractivity contribution in [1.82, 2.24) is 25.3 Å². The third kappa shape index (κ3) is 3.67. The van der Waals surface area contributed by atoms with Crippen molar-refractivity contribution in [3.63, 3.8) is 0 Å². The van der Waals surface area contributed by atoms with Crippen LogP contribution >= 0.6 is 0 Å². The number of amides is 1. The van der Waals surface area contributed by atoms with E-state index in [9.17, 15) is 4.79 Å². The quantitative estimate of drug-likeness (QED) is 0.866. The molecule has 2 saturated heterocycles. The molecule has 3 rings (SSSR count). The fourth-order valence-corrected chi connectivity index (χ4v) is 4.19. The van der Waals surface area contributed by atoms with E-state index in [0.717, 1.165) is 51.3 Å². The zero-order valence-electron chi connectivity index (χ0n) is 17.3. The van der Waals surface area contributed by atoms with Gasteiger partial charge in [-0.15, -0.1) is 0 Å². The van der Waals surface area contributed by atoms with Crippen LogP contribution in [0.4, 0.5) is 0 Å². The molecule has 2 N–H and O–H groups in total. The van der Waals surface area contributed by atoms with Gasteiger partial charge in [0.1, 0.15) is 5.54 Å². The normalized spacial score (nSPS) is 23.3. The Labute approximate surface area is 157 Å².